The van der Waals surface area contributed by atoms with Gasteiger partial charge in [-0.05, 0) is 39.4 Å². The molecule has 0 N–H and O–H groups in total. The number of para-hydroxylation sites is 1. The number of fused-ring (bicyclic) bond motifs is 6. The second kappa shape index (κ2) is 4.73. The van der Waals surface area contributed by atoms with Crippen LogP contribution in [0.1, 0.15) is 47.9 Å². The minimum absolute atomic E-state index is 0.439. The highest BCUT2D eigenvalue weighted by molar-refractivity contribution is 5.89. The molecule has 0 bridgehead atoms. The zero-order valence-corrected chi connectivity index (χ0v) is 14.4. The number of nitrogens with zero attached hydrogens (tertiary/aromatic N) is 1. The van der Waals surface area contributed by atoms with Gasteiger partial charge in [0.15, 0.2) is 0 Å². The second-order valence-electron chi connectivity index (χ2n) is 7.11. The van der Waals surface area contributed by atoms with Crippen LogP contribution >= 0.6 is 0 Å². The Morgan fingerprint density at radius 3 is 2.21 bits per heavy atom. The minimum atomic E-state index is 0.439. The topological polar surface area (TPSA) is 3.24 Å². The smallest absolute Gasteiger partial charge is 0.0491 e. The average molecular weight is 311 g/mol. The van der Waals surface area contributed by atoms with Crippen LogP contribution in [0.25, 0.3) is 11.1 Å². The van der Waals surface area contributed by atoms with Gasteiger partial charge in [0.05, 0.1) is 0 Å². The Kier molecular flexibility index (Phi) is 2.73. The Labute approximate surface area is 143 Å². The van der Waals surface area contributed by atoms with Gasteiger partial charge in [0.1, 0.15) is 0 Å². The molecular weight excluding hydrogens is 290 g/mol. The van der Waals surface area contributed by atoms with Crippen molar-refractivity contribution in [3.63, 3.8) is 0 Å². The molecule has 0 saturated heterocycles. The number of rotatable bonds is 0. The van der Waals surface area contributed by atoms with Crippen molar-refractivity contribution in [2.24, 2.45) is 0 Å². The zero-order valence-electron chi connectivity index (χ0n) is 14.4. The first-order valence-corrected chi connectivity index (χ1v) is 8.77. The largest absolute Gasteiger partial charge is 0.344 e. The first kappa shape index (κ1) is 13.9. The summed E-state index contributed by atoms with van der Waals surface area (Å²) < 4.78 is 0. The lowest BCUT2D eigenvalue weighted by atomic mass is 9.82. The molecule has 118 valence electrons. The Morgan fingerprint density at radius 1 is 0.667 bits per heavy atom. The summed E-state index contributed by atoms with van der Waals surface area (Å²) in [5.41, 5.74) is 11.4. The third kappa shape index (κ3) is 1.60. The maximum atomic E-state index is 2.41. The molecule has 0 amide bonds. The summed E-state index contributed by atoms with van der Waals surface area (Å²) >= 11 is 0. The predicted molar refractivity (Wildman–Crippen MR) is 101 cm³/mol. The summed E-state index contributed by atoms with van der Waals surface area (Å²) in [5.74, 6) is 0.889. The van der Waals surface area contributed by atoms with Gasteiger partial charge in [-0.2, -0.15) is 0 Å². The summed E-state index contributed by atoms with van der Waals surface area (Å²) in [6.07, 6.45) is 0. The van der Waals surface area contributed by atoms with Crippen molar-refractivity contribution in [2.45, 2.75) is 25.7 Å². The van der Waals surface area contributed by atoms with E-state index >= 15 is 0 Å². The van der Waals surface area contributed by atoms with Crippen LogP contribution in [0.15, 0.2) is 60.7 Å². The van der Waals surface area contributed by atoms with Crippen molar-refractivity contribution in [2.75, 3.05) is 11.9 Å². The van der Waals surface area contributed by atoms with Gasteiger partial charge in [0.2, 0.25) is 0 Å². The average Bonchev–Trinajstić information content (AvgIpc) is 2.92. The Hall–Kier alpha value is -2.54. The first-order chi connectivity index (χ1) is 11.7. The van der Waals surface area contributed by atoms with E-state index in [0.717, 1.165) is 0 Å². The van der Waals surface area contributed by atoms with E-state index in [1.807, 2.05) is 0 Å². The molecule has 24 heavy (non-hydrogen) atoms. The van der Waals surface area contributed by atoms with Crippen molar-refractivity contribution >= 4 is 11.4 Å². The van der Waals surface area contributed by atoms with Gasteiger partial charge >= 0.3 is 0 Å². The quantitative estimate of drug-likeness (QED) is 0.488. The van der Waals surface area contributed by atoms with Gasteiger partial charge in [0.25, 0.3) is 0 Å². The molecule has 2 unspecified atom stereocenters. The molecule has 1 nitrogen and oxygen atoms in total. The molecule has 0 fully saturated rings. The third-order valence-corrected chi connectivity index (χ3v) is 5.97. The Bertz CT molecular complexity index is 970. The van der Waals surface area contributed by atoms with E-state index in [4.69, 9.17) is 0 Å². The standard InChI is InChI=1S/C23H21N/c1-14-17-9-6-7-11-21(17)24(3)23-18(14)12-13-20-19-10-5-4-8-16(19)15(2)22(20)23/h4-15H,1-3H3. The van der Waals surface area contributed by atoms with E-state index in [0.29, 0.717) is 11.8 Å². The molecule has 1 aliphatic heterocycles. The van der Waals surface area contributed by atoms with Gasteiger partial charge in [-0.15, -0.1) is 0 Å². The van der Waals surface area contributed by atoms with Crippen LogP contribution in [0.2, 0.25) is 0 Å². The van der Waals surface area contributed by atoms with E-state index in [1.165, 1.54) is 44.8 Å². The van der Waals surface area contributed by atoms with Crippen molar-refractivity contribution in [1.82, 2.24) is 0 Å². The molecule has 3 aromatic rings. The van der Waals surface area contributed by atoms with Crippen molar-refractivity contribution in [3.8, 4) is 11.1 Å². The first-order valence-electron chi connectivity index (χ1n) is 8.77. The molecule has 0 saturated carbocycles. The fourth-order valence-corrected chi connectivity index (χ4v) is 4.74. The van der Waals surface area contributed by atoms with E-state index in [1.54, 1.807) is 0 Å². The lowest BCUT2D eigenvalue weighted by Gasteiger charge is -2.36. The van der Waals surface area contributed by atoms with Crippen LogP contribution in [0, 0.1) is 0 Å². The Balaban J connectivity index is 1.81. The minimum Gasteiger partial charge on any atom is -0.344 e. The van der Waals surface area contributed by atoms with Crippen LogP contribution in [-0.4, -0.2) is 7.05 Å². The van der Waals surface area contributed by atoms with Crippen LogP contribution in [0.5, 0.6) is 0 Å². The molecule has 1 aliphatic carbocycles. The fraction of sp³-hybridized carbons (Fsp3) is 0.217. The van der Waals surface area contributed by atoms with Crippen LogP contribution in [-0.2, 0) is 0 Å². The maximum absolute atomic E-state index is 2.41. The zero-order chi connectivity index (χ0) is 16.4. The van der Waals surface area contributed by atoms with Gasteiger partial charge in [-0.3, -0.25) is 0 Å². The number of anilines is 2. The Morgan fingerprint density at radius 2 is 1.38 bits per heavy atom. The summed E-state index contributed by atoms with van der Waals surface area (Å²) in [4.78, 5) is 2.41. The third-order valence-electron chi connectivity index (χ3n) is 5.97. The lowest BCUT2D eigenvalue weighted by molar-refractivity contribution is 0.862. The van der Waals surface area contributed by atoms with Crippen LogP contribution < -0.4 is 4.90 Å². The van der Waals surface area contributed by atoms with E-state index in [-0.39, 0.29) is 0 Å². The predicted octanol–water partition coefficient (Wildman–Crippen LogP) is 6.05. The normalized spacial score (nSPS) is 20.2. The maximum Gasteiger partial charge on any atom is 0.0491 e. The van der Waals surface area contributed by atoms with E-state index < -0.39 is 0 Å². The van der Waals surface area contributed by atoms with Gasteiger partial charge in [-0.1, -0.05) is 68.4 Å². The highest BCUT2D eigenvalue weighted by Crippen LogP contribution is 2.54. The molecular formula is C23H21N. The molecule has 5 rings (SSSR count). The second-order valence-corrected chi connectivity index (χ2v) is 7.11. The highest BCUT2D eigenvalue weighted by Gasteiger charge is 2.34. The molecule has 2 atom stereocenters. The van der Waals surface area contributed by atoms with Gasteiger partial charge in [0, 0.05) is 30.3 Å². The van der Waals surface area contributed by atoms with Crippen LogP contribution in [0.4, 0.5) is 11.4 Å². The number of benzene rings is 3. The van der Waals surface area contributed by atoms with Gasteiger partial charge < -0.3 is 4.90 Å². The fourth-order valence-electron chi connectivity index (χ4n) is 4.74. The molecule has 1 heterocycles. The molecule has 0 radical (unpaired) electrons. The van der Waals surface area contributed by atoms with Crippen LogP contribution in [0.3, 0.4) is 0 Å². The molecule has 1 heteroatoms. The summed E-state index contributed by atoms with van der Waals surface area (Å²) in [6, 6.07) is 22.4. The molecule has 2 aliphatic rings. The SMILES string of the molecule is CC1c2ccccc2N(C)c2c1ccc1c2C(C)c2ccccc2-1. The van der Waals surface area contributed by atoms with Crippen molar-refractivity contribution in [1.29, 1.82) is 0 Å². The van der Waals surface area contributed by atoms with Crippen molar-refractivity contribution < 1.29 is 0 Å². The van der Waals surface area contributed by atoms with Gasteiger partial charge in [-0.25, -0.2) is 0 Å². The van der Waals surface area contributed by atoms with E-state index in [9.17, 15) is 0 Å². The molecule has 0 aromatic heterocycles. The number of hydrogen-bond donors (Lipinski definition) is 0. The van der Waals surface area contributed by atoms with Crippen molar-refractivity contribution in [3.05, 3.63) is 82.9 Å². The summed E-state index contributed by atoms with van der Waals surface area (Å²) in [5, 5.41) is 0. The highest BCUT2D eigenvalue weighted by atomic mass is 15.1. The lowest BCUT2D eigenvalue weighted by Crippen LogP contribution is -2.22. The summed E-state index contributed by atoms with van der Waals surface area (Å²) in [6.45, 7) is 4.69. The molecule has 3 aromatic carbocycles. The van der Waals surface area contributed by atoms with E-state index in [2.05, 4.69) is 86.5 Å². The summed E-state index contributed by atoms with van der Waals surface area (Å²) in [7, 11) is 2.22. The monoisotopic (exact) mass is 311 g/mol. The molecule has 0 spiro atoms. The number of hydrogen-bond acceptors (Lipinski definition) is 1.